The molecule has 6 rings (SSSR count). The minimum atomic E-state index is -0.593. The number of benzene rings is 3. The summed E-state index contributed by atoms with van der Waals surface area (Å²) in [6, 6.07) is 19.4. The summed E-state index contributed by atoms with van der Waals surface area (Å²) in [5, 5.41) is 1.28. The van der Waals surface area contributed by atoms with E-state index >= 15 is 0 Å². The van der Waals surface area contributed by atoms with Gasteiger partial charge in [-0.1, -0.05) is 48.5 Å². The molecule has 9 heteroatoms. The van der Waals surface area contributed by atoms with Gasteiger partial charge in [-0.05, 0) is 86.1 Å². The summed E-state index contributed by atoms with van der Waals surface area (Å²) in [4.78, 5) is 35.2. The lowest BCUT2D eigenvalue weighted by molar-refractivity contribution is -0.131. The number of fused-ring (bicyclic) bond motifs is 1. The van der Waals surface area contributed by atoms with Crippen molar-refractivity contribution in [2.24, 2.45) is 0 Å². The number of unbranched alkanes of at least 4 members (excludes halogenated alkanes) is 2. The van der Waals surface area contributed by atoms with Crippen molar-refractivity contribution in [3.8, 4) is 5.69 Å². The first-order valence-electron chi connectivity index (χ1n) is 15.9. The van der Waals surface area contributed by atoms with Crippen molar-refractivity contribution in [2.45, 2.75) is 56.5 Å². The van der Waals surface area contributed by atoms with Crippen LogP contribution in [0, 0.1) is 11.6 Å². The van der Waals surface area contributed by atoms with Gasteiger partial charge in [-0.25, -0.2) is 13.8 Å². The highest BCUT2D eigenvalue weighted by Gasteiger charge is 2.23. The van der Waals surface area contributed by atoms with Gasteiger partial charge in [0, 0.05) is 44.4 Å². The Morgan fingerprint density at radius 1 is 0.889 bits per heavy atom. The Morgan fingerprint density at radius 2 is 1.73 bits per heavy atom. The maximum Gasteiger partial charge on any atom is 0.266 e. The smallest absolute Gasteiger partial charge is 0.266 e. The zero-order valence-corrected chi connectivity index (χ0v) is 26.2. The molecular weight excluding hydrogens is 590 g/mol. The number of hydrogen-bond acceptors (Lipinski definition) is 5. The highest BCUT2D eigenvalue weighted by Crippen LogP contribution is 2.29. The Kier molecular flexibility index (Phi) is 9.94. The van der Waals surface area contributed by atoms with Crippen LogP contribution in [0.2, 0.25) is 0 Å². The van der Waals surface area contributed by atoms with Crippen molar-refractivity contribution in [3.05, 3.63) is 100 Å². The molecule has 1 aliphatic heterocycles. The summed E-state index contributed by atoms with van der Waals surface area (Å²) in [7, 11) is 0. The molecule has 4 aromatic rings. The molecule has 0 spiro atoms. The topological polar surface area (TPSA) is 58.4 Å². The van der Waals surface area contributed by atoms with Gasteiger partial charge < -0.3 is 9.80 Å². The summed E-state index contributed by atoms with van der Waals surface area (Å²) in [6.45, 7) is 2.09. The molecule has 0 N–H and O–H groups in total. The summed E-state index contributed by atoms with van der Waals surface area (Å²) in [5.41, 5.74) is 4.35. The Balaban J connectivity index is 1.04. The fraction of sp³-hybridized carbons (Fsp3) is 0.361. The lowest BCUT2D eigenvalue weighted by Crippen LogP contribution is -2.49. The van der Waals surface area contributed by atoms with Gasteiger partial charge in [0.05, 0.1) is 22.3 Å². The van der Waals surface area contributed by atoms with Crippen molar-refractivity contribution in [1.82, 2.24) is 14.5 Å². The van der Waals surface area contributed by atoms with E-state index in [4.69, 9.17) is 4.98 Å². The molecule has 0 saturated carbocycles. The van der Waals surface area contributed by atoms with Gasteiger partial charge in [-0.3, -0.25) is 14.2 Å². The van der Waals surface area contributed by atoms with Crippen LogP contribution in [0.3, 0.4) is 0 Å². The Hall–Kier alpha value is -3.98. The average molecular weight is 629 g/mol. The van der Waals surface area contributed by atoms with Gasteiger partial charge in [0.1, 0.15) is 11.6 Å². The molecule has 0 unspecified atom stereocenters. The van der Waals surface area contributed by atoms with E-state index in [9.17, 15) is 18.4 Å². The van der Waals surface area contributed by atoms with Crippen LogP contribution in [0.25, 0.3) is 22.2 Å². The quantitative estimate of drug-likeness (QED) is 0.103. The fourth-order valence-corrected chi connectivity index (χ4v) is 7.20. The molecule has 0 atom stereocenters. The van der Waals surface area contributed by atoms with Gasteiger partial charge in [-0.15, -0.1) is 0 Å². The van der Waals surface area contributed by atoms with E-state index in [1.165, 1.54) is 30.5 Å². The molecule has 1 amide bonds. The second-order valence-corrected chi connectivity index (χ2v) is 12.8. The summed E-state index contributed by atoms with van der Waals surface area (Å²) in [6.07, 6.45) is 9.92. The minimum Gasteiger partial charge on any atom is -0.366 e. The zero-order valence-electron chi connectivity index (χ0n) is 25.4. The molecule has 2 aliphatic rings. The van der Waals surface area contributed by atoms with Crippen molar-refractivity contribution in [1.29, 1.82) is 0 Å². The van der Waals surface area contributed by atoms with Crippen LogP contribution in [0.4, 0.5) is 14.5 Å². The Labute approximate surface area is 266 Å². The molecule has 0 bridgehead atoms. The number of halogens is 2. The number of anilines is 1. The number of thioether (sulfide) groups is 1. The molecule has 45 heavy (non-hydrogen) atoms. The first-order chi connectivity index (χ1) is 22.0. The maximum absolute atomic E-state index is 14.2. The molecule has 0 radical (unpaired) electrons. The number of allylic oxidation sites excluding steroid dienone is 2. The molecular formula is C36H38F2N4O2S. The number of amides is 1. The number of para-hydroxylation sites is 1. The third-order valence-corrected chi connectivity index (χ3v) is 9.68. The van der Waals surface area contributed by atoms with Gasteiger partial charge in [-0.2, -0.15) is 0 Å². The van der Waals surface area contributed by atoms with Crippen LogP contribution in [-0.2, 0) is 4.79 Å². The highest BCUT2D eigenvalue weighted by atomic mass is 32.2. The molecule has 234 valence electrons. The first-order valence-corrected chi connectivity index (χ1v) is 16.9. The second-order valence-electron chi connectivity index (χ2n) is 11.7. The predicted octanol–water partition coefficient (Wildman–Crippen LogP) is 7.62. The van der Waals surface area contributed by atoms with E-state index in [0.717, 1.165) is 55.2 Å². The number of nitrogens with zero attached hydrogens (tertiary/aromatic N) is 4. The van der Waals surface area contributed by atoms with Crippen molar-refractivity contribution >= 4 is 39.8 Å². The van der Waals surface area contributed by atoms with Gasteiger partial charge in [0.2, 0.25) is 5.91 Å². The van der Waals surface area contributed by atoms with E-state index < -0.39 is 11.6 Å². The first kappa shape index (κ1) is 31.0. The van der Waals surface area contributed by atoms with Gasteiger partial charge >= 0.3 is 0 Å². The van der Waals surface area contributed by atoms with Crippen LogP contribution < -0.4 is 10.5 Å². The number of carbonyl (C=O) groups is 1. The van der Waals surface area contributed by atoms with Gasteiger partial charge in [0.15, 0.2) is 5.16 Å². The maximum atomic E-state index is 14.2. The standard InChI is InChI=1S/C36H38F2N4O2S/c37-28-17-18-33(31(38)25-28)40-19-21-41(22-20-40)34(43)16-5-2-8-23-45-36-39-32-15-7-6-14-30(32)35(44)42(36)29-13-9-12-27(24-29)26-10-3-1-4-11-26/h6-7,9-10,12-15,17-18,24-25H,1-5,8,11,16,19-23H2. The normalized spacial score (nSPS) is 15.4. The minimum absolute atomic E-state index is 0.0641. The van der Waals surface area contributed by atoms with Crippen LogP contribution in [-0.4, -0.2) is 52.3 Å². The summed E-state index contributed by atoms with van der Waals surface area (Å²) < 4.78 is 29.2. The van der Waals surface area contributed by atoms with Crippen molar-refractivity contribution in [2.75, 3.05) is 36.8 Å². The molecule has 6 nitrogen and oxygen atoms in total. The van der Waals surface area contributed by atoms with Crippen LogP contribution in [0.5, 0.6) is 0 Å². The molecule has 1 fully saturated rings. The molecule has 3 aromatic carbocycles. The number of piperazine rings is 1. The largest absolute Gasteiger partial charge is 0.366 e. The molecule has 2 heterocycles. The predicted molar refractivity (Wildman–Crippen MR) is 178 cm³/mol. The summed E-state index contributed by atoms with van der Waals surface area (Å²) in [5.74, 6) is -0.274. The van der Waals surface area contributed by atoms with Gasteiger partial charge in [0.25, 0.3) is 5.56 Å². The zero-order chi connectivity index (χ0) is 31.2. The second kappa shape index (κ2) is 14.4. The third kappa shape index (κ3) is 7.30. The van der Waals surface area contributed by atoms with Crippen molar-refractivity contribution in [3.63, 3.8) is 0 Å². The number of rotatable bonds is 10. The SMILES string of the molecule is O=C(CCCCCSc1nc2ccccc2c(=O)n1-c1cccc(C2=CCCCC2)c1)N1CCN(c2ccc(F)cc2F)CC1. The fourth-order valence-electron chi connectivity index (χ4n) is 6.19. The lowest BCUT2D eigenvalue weighted by Gasteiger charge is -2.36. The highest BCUT2D eigenvalue weighted by molar-refractivity contribution is 7.99. The number of carbonyl (C=O) groups excluding carboxylic acids is 1. The van der Waals surface area contributed by atoms with Crippen LogP contribution in [0.15, 0.2) is 82.8 Å². The van der Waals surface area contributed by atoms with E-state index in [-0.39, 0.29) is 11.5 Å². The molecule has 1 aliphatic carbocycles. The third-order valence-electron chi connectivity index (χ3n) is 8.66. The molecule has 1 saturated heterocycles. The average Bonchev–Trinajstić information content (AvgIpc) is 3.07. The van der Waals surface area contributed by atoms with E-state index in [1.807, 2.05) is 46.2 Å². The van der Waals surface area contributed by atoms with E-state index in [2.05, 4.69) is 18.2 Å². The Bertz CT molecular complexity index is 1760. The van der Waals surface area contributed by atoms with E-state index in [0.29, 0.717) is 54.3 Å². The monoisotopic (exact) mass is 628 g/mol. The number of hydrogen-bond donors (Lipinski definition) is 0. The van der Waals surface area contributed by atoms with E-state index in [1.54, 1.807) is 16.3 Å². The summed E-state index contributed by atoms with van der Waals surface area (Å²) >= 11 is 1.58. The van der Waals surface area contributed by atoms with Crippen molar-refractivity contribution < 1.29 is 13.6 Å². The number of aromatic nitrogens is 2. The van der Waals surface area contributed by atoms with Crippen LogP contribution in [0.1, 0.15) is 56.9 Å². The lowest BCUT2D eigenvalue weighted by atomic mass is 9.93. The Morgan fingerprint density at radius 3 is 2.53 bits per heavy atom. The molecule has 1 aromatic heterocycles. The van der Waals surface area contributed by atoms with Crippen LogP contribution >= 0.6 is 11.8 Å².